The molecule has 0 amide bonds. The summed E-state index contributed by atoms with van der Waals surface area (Å²) in [7, 11) is 0. The van der Waals surface area contributed by atoms with Crippen molar-refractivity contribution in [3.8, 4) is 0 Å². The van der Waals surface area contributed by atoms with Gasteiger partial charge in [-0.2, -0.15) is 0 Å². The quantitative estimate of drug-likeness (QED) is 0.753. The molecule has 112 valence electrons. The van der Waals surface area contributed by atoms with Gasteiger partial charge >= 0.3 is 0 Å². The zero-order valence-corrected chi connectivity index (χ0v) is 14.3. The predicted octanol–water partition coefficient (Wildman–Crippen LogP) is 3.81. The second-order valence-electron chi connectivity index (χ2n) is 5.51. The Balaban J connectivity index is 1.62. The van der Waals surface area contributed by atoms with Crippen molar-refractivity contribution in [2.24, 2.45) is 0 Å². The van der Waals surface area contributed by atoms with Crippen molar-refractivity contribution in [1.82, 2.24) is 10.2 Å². The first-order valence-corrected chi connectivity index (χ1v) is 8.65. The zero-order chi connectivity index (χ0) is 14.5. The fourth-order valence-corrected chi connectivity index (χ4v) is 3.43. The molecular formula is C17H21IN2O. The number of benzene rings is 1. The van der Waals surface area contributed by atoms with Gasteiger partial charge in [0.1, 0.15) is 5.76 Å². The fraction of sp³-hybridized carbons (Fsp3) is 0.412. The van der Waals surface area contributed by atoms with Gasteiger partial charge in [-0.25, -0.2) is 0 Å². The highest BCUT2D eigenvalue weighted by atomic mass is 127. The van der Waals surface area contributed by atoms with Gasteiger partial charge in [0.15, 0.2) is 3.77 Å². The van der Waals surface area contributed by atoms with E-state index in [-0.39, 0.29) is 0 Å². The lowest BCUT2D eigenvalue weighted by Gasteiger charge is -2.28. The molecule has 1 N–H and O–H groups in total. The van der Waals surface area contributed by atoms with E-state index < -0.39 is 0 Å². The Bertz CT molecular complexity index is 549. The molecule has 1 unspecified atom stereocenters. The van der Waals surface area contributed by atoms with Gasteiger partial charge in [-0.15, -0.1) is 0 Å². The van der Waals surface area contributed by atoms with Crippen molar-refractivity contribution in [1.29, 1.82) is 0 Å². The van der Waals surface area contributed by atoms with Gasteiger partial charge in [0, 0.05) is 12.6 Å². The molecule has 3 rings (SSSR count). The van der Waals surface area contributed by atoms with Gasteiger partial charge < -0.3 is 9.73 Å². The smallest absolute Gasteiger partial charge is 0.164 e. The first-order chi connectivity index (χ1) is 10.3. The van der Waals surface area contributed by atoms with Gasteiger partial charge in [0.2, 0.25) is 0 Å². The molecule has 3 nitrogen and oxygen atoms in total. The molecule has 1 aliphatic heterocycles. The largest absolute Gasteiger partial charge is 0.454 e. The summed E-state index contributed by atoms with van der Waals surface area (Å²) < 4.78 is 6.55. The molecule has 4 heteroatoms. The van der Waals surface area contributed by atoms with E-state index >= 15 is 0 Å². The van der Waals surface area contributed by atoms with Crippen LogP contribution in [0.25, 0.3) is 0 Å². The van der Waals surface area contributed by atoms with Crippen LogP contribution in [0, 0.1) is 3.77 Å². The number of nitrogens with one attached hydrogen (secondary N) is 1. The summed E-state index contributed by atoms with van der Waals surface area (Å²) in [5.74, 6) is 1.01. The summed E-state index contributed by atoms with van der Waals surface area (Å²) in [5.41, 5.74) is 1.40. The third kappa shape index (κ3) is 4.08. The molecule has 1 fully saturated rings. The minimum atomic E-state index is 0.461. The third-order valence-corrected chi connectivity index (χ3v) is 4.61. The summed E-state index contributed by atoms with van der Waals surface area (Å²) in [6.45, 7) is 4.17. The third-order valence-electron chi connectivity index (χ3n) is 4.03. The summed E-state index contributed by atoms with van der Waals surface area (Å²) in [5, 5.41) is 3.55. The number of hydrogen-bond donors (Lipinski definition) is 1. The maximum Gasteiger partial charge on any atom is 0.164 e. The van der Waals surface area contributed by atoms with E-state index in [0.717, 1.165) is 22.6 Å². The number of hydrogen-bond acceptors (Lipinski definition) is 3. The minimum absolute atomic E-state index is 0.461. The molecule has 0 aliphatic carbocycles. The SMILES string of the molecule is Ic1ccc(CNCC(c2ccccc2)N2CCCC2)o1. The van der Waals surface area contributed by atoms with Crippen LogP contribution in [0.3, 0.4) is 0 Å². The van der Waals surface area contributed by atoms with Crippen LogP contribution < -0.4 is 5.32 Å². The molecule has 2 aromatic rings. The van der Waals surface area contributed by atoms with Crippen molar-refractivity contribution < 1.29 is 4.42 Å². The predicted molar refractivity (Wildman–Crippen MR) is 93.1 cm³/mol. The highest BCUT2D eigenvalue weighted by molar-refractivity contribution is 14.1. The molecule has 1 aromatic heterocycles. The highest BCUT2D eigenvalue weighted by Crippen LogP contribution is 2.24. The van der Waals surface area contributed by atoms with Gasteiger partial charge in [0.25, 0.3) is 0 Å². The minimum Gasteiger partial charge on any atom is -0.454 e. The van der Waals surface area contributed by atoms with Crippen LogP contribution in [0.15, 0.2) is 46.9 Å². The Hall–Kier alpha value is -0.850. The van der Waals surface area contributed by atoms with Gasteiger partial charge in [-0.3, -0.25) is 4.90 Å². The fourth-order valence-electron chi connectivity index (χ4n) is 2.97. The number of halogens is 1. The summed E-state index contributed by atoms with van der Waals surface area (Å²) in [6, 6.07) is 15.3. The lowest BCUT2D eigenvalue weighted by Crippen LogP contribution is -2.33. The van der Waals surface area contributed by atoms with Crippen LogP contribution >= 0.6 is 22.6 Å². The molecule has 1 aromatic carbocycles. The van der Waals surface area contributed by atoms with Crippen molar-refractivity contribution in [3.05, 3.63) is 57.6 Å². The van der Waals surface area contributed by atoms with E-state index in [9.17, 15) is 0 Å². The molecule has 1 aliphatic rings. The average molecular weight is 396 g/mol. The normalized spacial score (nSPS) is 17.2. The van der Waals surface area contributed by atoms with Gasteiger partial charge in [0.05, 0.1) is 6.54 Å². The number of furan rings is 1. The van der Waals surface area contributed by atoms with E-state index in [0.29, 0.717) is 6.04 Å². The maximum absolute atomic E-state index is 5.61. The van der Waals surface area contributed by atoms with Crippen molar-refractivity contribution >= 4 is 22.6 Å². The van der Waals surface area contributed by atoms with Crippen LogP contribution in [-0.4, -0.2) is 24.5 Å². The molecular weight excluding hydrogens is 375 g/mol. The second-order valence-corrected chi connectivity index (χ2v) is 6.57. The number of likely N-dealkylation sites (tertiary alicyclic amines) is 1. The standard InChI is InChI=1S/C17H21IN2O/c18-17-9-8-15(21-17)12-19-13-16(20-10-4-5-11-20)14-6-2-1-3-7-14/h1-3,6-9,16,19H,4-5,10-13H2. The lowest BCUT2D eigenvalue weighted by atomic mass is 10.1. The maximum atomic E-state index is 5.61. The first-order valence-electron chi connectivity index (χ1n) is 7.57. The number of nitrogens with zero attached hydrogens (tertiary/aromatic N) is 1. The zero-order valence-electron chi connectivity index (χ0n) is 12.1. The molecule has 0 spiro atoms. The Kier molecular flexibility index (Phi) is 5.32. The van der Waals surface area contributed by atoms with Crippen LogP contribution in [-0.2, 0) is 6.54 Å². The molecule has 0 saturated carbocycles. The van der Waals surface area contributed by atoms with Crippen molar-refractivity contribution in [3.63, 3.8) is 0 Å². The van der Waals surface area contributed by atoms with Crippen LogP contribution in [0.2, 0.25) is 0 Å². The second kappa shape index (κ2) is 7.42. The Morgan fingerprint density at radius 1 is 1.10 bits per heavy atom. The van der Waals surface area contributed by atoms with E-state index in [2.05, 4.69) is 63.1 Å². The Morgan fingerprint density at radius 3 is 2.52 bits per heavy atom. The molecule has 1 atom stereocenters. The van der Waals surface area contributed by atoms with Crippen molar-refractivity contribution in [2.45, 2.75) is 25.4 Å². The van der Waals surface area contributed by atoms with E-state index in [4.69, 9.17) is 4.42 Å². The Morgan fingerprint density at radius 2 is 1.86 bits per heavy atom. The first kappa shape index (κ1) is 15.1. The molecule has 2 heterocycles. The average Bonchev–Trinajstić information content (AvgIpc) is 3.16. The monoisotopic (exact) mass is 396 g/mol. The van der Waals surface area contributed by atoms with Crippen LogP contribution in [0.4, 0.5) is 0 Å². The van der Waals surface area contributed by atoms with Gasteiger partial charge in [-0.1, -0.05) is 30.3 Å². The van der Waals surface area contributed by atoms with Crippen LogP contribution in [0.5, 0.6) is 0 Å². The Labute approximate surface area is 139 Å². The van der Waals surface area contributed by atoms with E-state index in [1.54, 1.807) is 0 Å². The summed E-state index contributed by atoms with van der Waals surface area (Å²) in [4.78, 5) is 2.59. The lowest BCUT2D eigenvalue weighted by molar-refractivity contribution is 0.236. The molecule has 21 heavy (non-hydrogen) atoms. The molecule has 0 bridgehead atoms. The summed E-state index contributed by atoms with van der Waals surface area (Å²) in [6.07, 6.45) is 2.64. The van der Waals surface area contributed by atoms with Crippen LogP contribution in [0.1, 0.15) is 30.2 Å². The molecule has 1 saturated heterocycles. The van der Waals surface area contributed by atoms with E-state index in [1.807, 2.05) is 12.1 Å². The van der Waals surface area contributed by atoms with E-state index in [1.165, 1.54) is 31.5 Å². The molecule has 0 radical (unpaired) electrons. The van der Waals surface area contributed by atoms with Gasteiger partial charge in [-0.05, 0) is 66.2 Å². The highest BCUT2D eigenvalue weighted by Gasteiger charge is 2.22. The summed E-state index contributed by atoms with van der Waals surface area (Å²) >= 11 is 2.20. The van der Waals surface area contributed by atoms with Crippen molar-refractivity contribution in [2.75, 3.05) is 19.6 Å². The number of rotatable bonds is 6. The topological polar surface area (TPSA) is 28.4 Å².